The number of carbonyl (C=O) groups is 2. The second-order valence-corrected chi connectivity index (χ2v) is 3.16. The first-order chi connectivity index (χ1) is 8.19. The first-order valence-corrected chi connectivity index (χ1v) is 4.93. The Bertz CT molecular complexity index is 432. The zero-order chi connectivity index (χ0) is 12.7. The summed E-state index contributed by atoms with van der Waals surface area (Å²) in [7, 11) is 0. The van der Waals surface area contributed by atoms with Crippen LogP contribution < -0.4 is 10.1 Å². The molecule has 0 heterocycles. The van der Waals surface area contributed by atoms with Gasteiger partial charge in [0.05, 0.1) is 5.56 Å². The molecule has 90 valence electrons. The number of aldehydes is 1. The van der Waals surface area contributed by atoms with Gasteiger partial charge in [-0.05, 0) is 12.1 Å². The molecule has 0 aromatic heterocycles. The summed E-state index contributed by atoms with van der Waals surface area (Å²) in [5.41, 5.74) is 0.0709. The van der Waals surface area contributed by atoms with Gasteiger partial charge in [-0.15, -0.1) is 6.58 Å². The third kappa shape index (κ3) is 3.71. The van der Waals surface area contributed by atoms with E-state index >= 15 is 0 Å². The Morgan fingerprint density at radius 2 is 2.29 bits per heavy atom. The molecule has 0 unspecified atom stereocenters. The van der Waals surface area contributed by atoms with Crippen LogP contribution in [0.25, 0.3) is 0 Å². The lowest BCUT2D eigenvalue weighted by atomic mass is 10.2. The molecular formula is C12H12FNO3. The van der Waals surface area contributed by atoms with Gasteiger partial charge < -0.3 is 10.1 Å². The SMILES string of the molecule is C=CCNC(=O)COc1c(F)cccc1C=O. The Kier molecular flexibility index (Phi) is 4.87. The van der Waals surface area contributed by atoms with E-state index in [-0.39, 0.29) is 17.9 Å². The number of rotatable bonds is 6. The number of amides is 1. The number of para-hydroxylation sites is 1. The van der Waals surface area contributed by atoms with E-state index in [0.29, 0.717) is 12.8 Å². The minimum absolute atomic E-state index is 0.0709. The number of hydrogen-bond donors (Lipinski definition) is 1. The maximum Gasteiger partial charge on any atom is 0.258 e. The third-order valence-electron chi connectivity index (χ3n) is 1.92. The van der Waals surface area contributed by atoms with Crippen LogP contribution >= 0.6 is 0 Å². The molecule has 0 aliphatic heterocycles. The molecule has 1 aromatic rings. The van der Waals surface area contributed by atoms with Crippen LogP contribution in [0, 0.1) is 5.82 Å². The van der Waals surface area contributed by atoms with Crippen molar-refractivity contribution in [3.63, 3.8) is 0 Å². The summed E-state index contributed by atoms with van der Waals surface area (Å²) in [6.45, 7) is 3.38. The van der Waals surface area contributed by atoms with Crippen LogP contribution in [-0.2, 0) is 4.79 Å². The highest BCUT2D eigenvalue weighted by atomic mass is 19.1. The number of carbonyl (C=O) groups excluding carboxylic acids is 2. The molecule has 0 spiro atoms. The van der Waals surface area contributed by atoms with E-state index in [1.54, 1.807) is 0 Å². The number of hydrogen-bond acceptors (Lipinski definition) is 3. The summed E-state index contributed by atoms with van der Waals surface area (Å²) in [4.78, 5) is 21.8. The Labute approximate surface area is 98.1 Å². The van der Waals surface area contributed by atoms with Crippen LogP contribution in [0.5, 0.6) is 5.75 Å². The molecule has 4 nitrogen and oxygen atoms in total. The Morgan fingerprint density at radius 1 is 1.53 bits per heavy atom. The molecule has 0 fully saturated rings. The second kappa shape index (κ2) is 6.42. The fourth-order valence-electron chi connectivity index (χ4n) is 1.15. The van der Waals surface area contributed by atoms with Gasteiger partial charge in [-0.2, -0.15) is 0 Å². The predicted octanol–water partition coefficient (Wildman–Crippen LogP) is 1.32. The molecule has 17 heavy (non-hydrogen) atoms. The predicted molar refractivity (Wildman–Crippen MR) is 60.5 cm³/mol. The van der Waals surface area contributed by atoms with Crippen LogP contribution in [0.1, 0.15) is 10.4 Å². The lowest BCUT2D eigenvalue weighted by Crippen LogP contribution is -2.29. The highest BCUT2D eigenvalue weighted by molar-refractivity contribution is 5.81. The van der Waals surface area contributed by atoms with Crippen molar-refractivity contribution >= 4 is 12.2 Å². The van der Waals surface area contributed by atoms with Crippen molar-refractivity contribution in [3.8, 4) is 5.75 Å². The molecular weight excluding hydrogens is 225 g/mol. The lowest BCUT2D eigenvalue weighted by Gasteiger charge is -2.08. The Balaban J connectivity index is 2.65. The van der Waals surface area contributed by atoms with Crippen LogP contribution in [0.4, 0.5) is 4.39 Å². The highest BCUT2D eigenvalue weighted by Crippen LogP contribution is 2.20. The van der Waals surface area contributed by atoms with Gasteiger partial charge in [0.25, 0.3) is 5.91 Å². The Hall–Kier alpha value is -2.17. The monoisotopic (exact) mass is 237 g/mol. The number of ether oxygens (including phenoxy) is 1. The minimum Gasteiger partial charge on any atom is -0.480 e. The molecule has 0 radical (unpaired) electrons. The van der Waals surface area contributed by atoms with Gasteiger partial charge in [0, 0.05) is 6.54 Å². The van der Waals surface area contributed by atoms with Crippen molar-refractivity contribution in [3.05, 3.63) is 42.2 Å². The molecule has 0 saturated heterocycles. The van der Waals surface area contributed by atoms with E-state index in [0.717, 1.165) is 6.07 Å². The van der Waals surface area contributed by atoms with Gasteiger partial charge in [0.2, 0.25) is 0 Å². The van der Waals surface area contributed by atoms with E-state index < -0.39 is 11.7 Å². The molecule has 0 saturated carbocycles. The van der Waals surface area contributed by atoms with Crippen LogP contribution in [0.2, 0.25) is 0 Å². The quantitative estimate of drug-likeness (QED) is 0.599. The highest BCUT2D eigenvalue weighted by Gasteiger charge is 2.10. The number of nitrogens with one attached hydrogen (secondary N) is 1. The molecule has 0 bridgehead atoms. The first kappa shape index (κ1) is 12.9. The van der Waals surface area contributed by atoms with E-state index in [2.05, 4.69) is 11.9 Å². The molecule has 0 atom stereocenters. The fraction of sp³-hybridized carbons (Fsp3) is 0.167. The van der Waals surface area contributed by atoms with Crippen molar-refractivity contribution in [2.24, 2.45) is 0 Å². The molecule has 0 aliphatic carbocycles. The van der Waals surface area contributed by atoms with Crippen LogP contribution in [0.15, 0.2) is 30.9 Å². The summed E-state index contributed by atoms with van der Waals surface area (Å²) in [5.74, 6) is -1.30. The smallest absolute Gasteiger partial charge is 0.258 e. The van der Waals surface area contributed by atoms with Crippen molar-refractivity contribution < 1.29 is 18.7 Å². The maximum atomic E-state index is 13.3. The molecule has 1 aromatic carbocycles. The molecule has 5 heteroatoms. The van der Waals surface area contributed by atoms with Crippen molar-refractivity contribution in [2.75, 3.05) is 13.2 Å². The minimum atomic E-state index is -0.675. The van der Waals surface area contributed by atoms with E-state index in [9.17, 15) is 14.0 Å². The van der Waals surface area contributed by atoms with Gasteiger partial charge in [-0.3, -0.25) is 9.59 Å². The summed E-state index contributed by atoms with van der Waals surface area (Å²) in [6, 6.07) is 3.96. The standard InChI is InChI=1S/C12H12FNO3/c1-2-6-14-11(16)8-17-12-9(7-15)4-3-5-10(12)13/h2-5,7H,1,6,8H2,(H,14,16). The first-order valence-electron chi connectivity index (χ1n) is 4.93. The average molecular weight is 237 g/mol. The van der Waals surface area contributed by atoms with Crippen molar-refractivity contribution in [1.29, 1.82) is 0 Å². The van der Waals surface area contributed by atoms with E-state index in [4.69, 9.17) is 4.74 Å². The van der Waals surface area contributed by atoms with Crippen molar-refractivity contribution in [2.45, 2.75) is 0 Å². The lowest BCUT2D eigenvalue weighted by molar-refractivity contribution is -0.122. The van der Waals surface area contributed by atoms with E-state index in [1.165, 1.54) is 18.2 Å². The molecule has 1 rings (SSSR count). The van der Waals surface area contributed by atoms with Gasteiger partial charge in [-0.1, -0.05) is 12.1 Å². The summed E-state index contributed by atoms with van der Waals surface area (Å²) >= 11 is 0. The van der Waals surface area contributed by atoms with Crippen LogP contribution in [0.3, 0.4) is 0 Å². The molecule has 1 N–H and O–H groups in total. The second-order valence-electron chi connectivity index (χ2n) is 3.16. The maximum absolute atomic E-state index is 13.3. The topological polar surface area (TPSA) is 55.4 Å². The summed E-state index contributed by atoms with van der Waals surface area (Å²) in [5, 5.41) is 2.47. The largest absolute Gasteiger partial charge is 0.480 e. The van der Waals surface area contributed by atoms with Gasteiger partial charge in [0.1, 0.15) is 0 Å². The molecule has 0 aliphatic rings. The average Bonchev–Trinajstić information content (AvgIpc) is 2.34. The zero-order valence-electron chi connectivity index (χ0n) is 9.11. The van der Waals surface area contributed by atoms with Crippen LogP contribution in [-0.4, -0.2) is 25.3 Å². The number of halogens is 1. The normalized spacial score (nSPS) is 9.47. The third-order valence-corrected chi connectivity index (χ3v) is 1.92. The number of benzene rings is 1. The van der Waals surface area contributed by atoms with Gasteiger partial charge in [-0.25, -0.2) is 4.39 Å². The zero-order valence-corrected chi connectivity index (χ0v) is 9.11. The summed E-state index contributed by atoms with van der Waals surface area (Å²) < 4.78 is 18.3. The van der Waals surface area contributed by atoms with Gasteiger partial charge in [0.15, 0.2) is 24.5 Å². The van der Waals surface area contributed by atoms with Crippen molar-refractivity contribution in [1.82, 2.24) is 5.32 Å². The molecule has 1 amide bonds. The Morgan fingerprint density at radius 3 is 2.94 bits per heavy atom. The fourth-order valence-corrected chi connectivity index (χ4v) is 1.15. The summed E-state index contributed by atoms with van der Waals surface area (Å²) in [6.07, 6.45) is 1.98. The van der Waals surface area contributed by atoms with Gasteiger partial charge >= 0.3 is 0 Å². The van der Waals surface area contributed by atoms with E-state index in [1.807, 2.05) is 0 Å².